The number of thiocarbonyl (C=S) groups is 1. The highest BCUT2D eigenvalue weighted by Gasteiger charge is 2.36. The predicted octanol–water partition coefficient (Wildman–Crippen LogP) is 5.45. The Morgan fingerprint density at radius 2 is 1.72 bits per heavy atom. The maximum Gasteiger partial charge on any atom is 0.416 e. The van der Waals surface area contributed by atoms with Gasteiger partial charge in [0.15, 0.2) is 5.11 Å². The number of fused-ring (bicyclic) bond motifs is 1. The number of non-ortho nitro benzene ring substituents is 1. The Hall–Kier alpha value is -4.84. The quantitative estimate of drug-likeness (QED) is 0.117. The van der Waals surface area contributed by atoms with Crippen LogP contribution in [0.5, 0.6) is 0 Å². The number of alkyl halides is 3. The lowest BCUT2D eigenvalue weighted by Crippen LogP contribution is -2.54. The van der Waals surface area contributed by atoms with E-state index in [9.17, 15) is 32.9 Å². The van der Waals surface area contributed by atoms with E-state index in [-0.39, 0.29) is 22.1 Å². The molecule has 2 amide bonds. The van der Waals surface area contributed by atoms with Gasteiger partial charge in [-0.05, 0) is 48.1 Å². The molecule has 39 heavy (non-hydrogen) atoms. The standard InChI is InChI=1S/C27H17F3N4O4S/c28-27(29,30)18-4-3-5-20(13-18)33-25(36)22(24(35)31-26(33)39)12-17-15-32(23-7-2-1-6-21(17)23)14-16-8-10-19(11-9-16)34(37)38/h1-13,15H,14H2,(H,31,35,39)/b22-12+. The molecule has 0 spiro atoms. The normalized spacial score (nSPS) is 15.2. The fraction of sp³-hybridized carbons (Fsp3) is 0.0741. The molecule has 0 aliphatic carbocycles. The first kappa shape index (κ1) is 25.8. The average Bonchev–Trinajstić information content (AvgIpc) is 3.23. The smallest absolute Gasteiger partial charge is 0.342 e. The number of aromatic nitrogens is 1. The zero-order chi connectivity index (χ0) is 27.9. The van der Waals surface area contributed by atoms with Gasteiger partial charge < -0.3 is 4.57 Å². The summed E-state index contributed by atoms with van der Waals surface area (Å²) in [5.74, 6) is -1.64. The van der Waals surface area contributed by atoms with Gasteiger partial charge in [-0.3, -0.25) is 29.9 Å². The van der Waals surface area contributed by atoms with Crippen LogP contribution in [0.25, 0.3) is 17.0 Å². The van der Waals surface area contributed by atoms with Gasteiger partial charge in [0, 0.05) is 41.3 Å². The van der Waals surface area contributed by atoms with Crippen LogP contribution in [0, 0.1) is 10.1 Å². The zero-order valence-electron chi connectivity index (χ0n) is 19.8. The third-order valence-electron chi connectivity index (χ3n) is 6.15. The molecule has 0 saturated carbocycles. The number of rotatable bonds is 5. The van der Waals surface area contributed by atoms with Gasteiger partial charge in [-0.25, -0.2) is 0 Å². The van der Waals surface area contributed by atoms with Crippen LogP contribution in [-0.2, 0) is 22.3 Å². The van der Waals surface area contributed by atoms with E-state index in [1.54, 1.807) is 30.5 Å². The highest BCUT2D eigenvalue weighted by atomic mass is 32.1. The van der Waals surface area contributed by atoms with E-state index < -0.39 is 28.5 Å². The Labute approximate surface area is 224 Å². The van der Waals surface area contributed by atoms with Gasteiger partial charge in [-0.15, -0.1) is 0 Å². The van der Waals surface area contributed by atoms with E-state index in [0.29, 0.717) is 17.5 Å². The van der Waals surface area contributed by atoms with E-state index in [0.717, 1.165) is 34.2 Å². The van der Waals surface area contributed by atoms with E-state index in [2.05, 4.69) is 5.32 Å². The molecule has 4 aromatic rings. The Kier molecular flexibility index (Phi) is 6.48. The van der Waals surface area contributed by atoms with Crippen LogP contribution in [0.15, 0.2) is 84.6 Å². The molecule has 1 aromatic heterocycles. The Bertz CT molecular complexity index is 1690. The Morgan fingerprint density at radius 3 is 2.41 bits per heavy atom. The van der Waals surface area contributed by atoms with Crippen LogP contribution in [-0.4, -0.2) is 26.4 Å². The van der Waals surface area contributed by atoms with Crippen molar-refractivity contribution in [2.45, 2.75) is 12.7 Å². The number of hydrogen-bond donors (Lipinski definition) is 1. The van der Waals surface area contributed by atoms with Crippen molar-refractivity contribution in [3.8, 4) is 0 Å². The predicted molar refractivity (Wildman–Crippen MR) is 142 cm³/mol. The summed E-state index contributed by atoms with van der Waals surface area (Å²) < 4.78 is 41.7. The Balaban J connectivity index is 1.53. The second kappa shape index (κ2) is 9.80. The minimum absolute atomic E-state index is 0.0356. The lowest BCUT2D eigenvalue weighted by Gasteiger charge is -2.29. The number of carbonyl (C=O) groups excluding carboxylic acids is 2. The average molecular weight is 551 g/mol. The van der Waals surface area contributed by atoms with E-state index in [1.165, 1.54) is 24.3 Å². The van der Waals surface area contributed by atoms with E-state index >= 15 is 0 Å². The van der Waals surface area contributed by atoms with Crippen molar-refractivity contribution in [2.24, 2.45) is 0 Å². The summed E-state index contributed by atoms with van der Waals surface area (Å²) in [6, 6.07) is 17.4. The molecule has 0 radical (unpaired) electrons. The van der Waals surface area contributed by atoms with Gasteiger partial charge in [-0.1, -0.05) is 36.4 Å². The maximum absolute atomic E-state index is 13.4. The third-order valence-corrected chi connectivity index (χ3v) is 6.44. The summed E-state index contributed by atoms with van der Waals surface area (Å²) in [7, 11) is 0. The monoisotopic (exact) mass is 550 g/mol. The first-order valence-electron chi connectivity index (χ1n) is 11.4. The highest BCUT2D eigenvalue weighted by Crippen LogP contribution is 2.33. The molecular formula is C27H17F3N4O4S. The fourth-order valence-electron chi connectivity index (χ4n) is 4.31. The maximum atomic E-state index is 13.4. The zero-order valence-corrected chi connectivity index (χ0v) is 20.6. The number of benzene rings is 3. The van der Waals surface area contributed by atoms with Crippen LogP contribution >= 0.6 is 12.2 Å². The van der Waals surface area contributed by atoms with Gasteiger partial charge in [0.1, 0.15) is 5.57 Å². The highest BCUT2D eigenvalue weighted by molar-refractivity contribution is 7.80. The number of nitro benzene ring substituents is 1. The molecular weight excluding hydrogens is 533 g/mol. The molecule has 1 aliphatic heterocycles. The molecule has 1 saturated heterocycles. The molecule has 196 valence electrons. The van der Waals surface area contributed by atoms with Crippen LogP contribution < -0.4 is 10.2 Å². The molecule has 0 atom stereocenters. The van der Waals surface area contributed by atoms with E-state index in [1.807, 2.05) is 16.7 Å². The van der Waals surface area contributed by atoms with Crippen LogP contribution in [0.2, 0.25) is 0 Å². The SMILES string of the molecule is O=C1NC(=S)N(c2cccc(C(F)(F)F)c2)C(=O)/C1=C/c1cn(Cc2ccc([N+](=O)[O-])cc2)c2ccccc12. The number of nitrogens with one attached hydrogen (secondary N) is 1. The summed E-state index contributed by atoms with van der Waals surface area (Å²) in [6.07, 6.45) is -1.54. The van der Waals surface area contributed by atoms with Crippen molar-refractivity contribution in [2.75, 3.05) is 4.90 Å². The number of carbonyl (C=O) groups is 2. The van der Waals surface area contributed by atoms with Gasteiger partial charge >= 0.3 is 6.18 Å². The largest absolute Gasteiger partial charge is 0.416 e. The number of hydrogen-bond acceptors (Lipinski definition) is 5. The second-order valence-corrected chi connectivity index (χ2v) is 9.05. The summed E-state index contributed by atoms with van der Waals surface area (Å²) in [5, 5.41) is 13.7. The molecule has 1 aliphatic rings. The van der Waals surface area contributed by atoms with E-state index in [4.69, 9.17) is 12.2 Å². The summed E-state index contributed by atoms with van der Waals surface area (Å²) in [6.45, 7) is 0.349. The number of anilines is 1. The third kappa shape index (κ3) is 5.01. The van der Waals surface area contributed by atoms with Crippen LogP contribution in [0.4, 0.5) is 24.5 Å². The number of halogens is 3. The first-order chi connectivity index (χ1) is 18.5. The molecule has 5 rings (SSSR count). The molecule has 3 aromatic carbocycles. The molecule has 2 heterocycles. The molecule has 12 heteroatoms. The number of nitro groups is 1. The van der Waals surface area contributed by atoms with Crippen molar-refractivity contribution in [1.82, 2.24) is 9.88 Å². The molecule has 1 N–H and O–H groups in total. The van der Waals surface area contributed by atoms with Crippen molar-refractivity contribution in [3.63, 3.8) is 0 Å². The first-order valence-corrected chi connectivity index (χ1v) is 11.8. The van der Waals surface area contributed by atoms with Gasteiger partial charge in [0.2, 0.25) is 0 Å². The number of para-hydroxylation sites is 1. The van der Waals surface area contributed by atoms with Crippen molar-refractivity contribution in [1.29, 1.82) is 0 Å². The summed E-state index contributed by atoms with van der Waals surface area (Å²) in [4.78, 5) is 37.5. The Morgan fingerprint density at radius 1 is 1.00 bits per heavy atom. The lowest BCUT2D eigenvalue weighted by atomic mass is 10.1. The van der Waals surface area contributed by atoms with Crippen LogP contribution in [0.1, 0.15) is 16.7 Å². The van der Waals surface area contributed by atoms with Crippen molar-refractivity contribution in [3.05, 3.63) is 111 Å². The van der Waals surface area contributed by atoms with Crippen molar-refractivity contribution >= 4 is 57.5 Å². The molecule has 0 unspecified atom stereocenters. The minimum Gasteiger partial charge on any atom is -0.342 e. The summed E-state index contributed by atoms with van der Waals surface area (Å²) in [5.41, 5.74) is 0.636. The topological polar surface area (TPSA) is 97.5 Å². The fourth-order valence-corrected chi connectivity index (χ4v) is 4.59. The lowest BCUT2D eigenvalue weighted by molar-refractivity contribution is -0.384. The minimum atomic E-state index is -4.64. The molecule has 1 fully saturated rings. The number of amides is 2. The van der Waals surface area contributed by atoms with Gasteiger partial charge in [0.05, 0.1) is 16.2 Å². The van der Waals surface area contributed by atoms with Gasteiger partial charge in [0.25, 0.3) is 17.5 Å². The van der Waals surface area contributed by atoms with Gasteiger partial charge in [-0.2, -0.15) is 13.2 Å². The summed E-state index contributed by atoms with van der Waals surface area (Å²) >= 11 is 5.12. The van der Waals surface area contributed by atoms with Crippen LogP contribution in [0.3, 0.4) is 0 Å². The number of nitrogens with zero attached hydrogens (tertiary/aromatic N) is 3. The molecule has 0 bridgehead atoms. The second-order valence-electron chi connectivity index (χ2n) is 8.66. The van der Waals surface area contributed by atoms with Crippen molar-refractivity contribution < 1.29 is 27.7 Å². The molecule has 8 nitrogen and oxygen atoms in total.